The summed E-state index contributed by atoms with van der Waals surface area (Å²) in [5, 5.41) is 3.08. The van der Waals surface area contributed by atoms with Crippen LogP contribution in [0.5, 0.6) is 0 Å². The predicted molar refractivity (Wildman–Crippen MR) is 68.9 cm³/mol. The zero-order chi connectivity index (χ0) is 13.1. The Balaban J connectivity index is 2.56. The third-order valence-corrected chi connectivity index (χ3v) is 2.85. The van der Waals surface area contributed by atoms with Crippen LogP contribution >= 0.6 is 0 Å². The van der Waals surface area contributed by atoms with Crippen LogP contribution in [0.2, 0.25) is 0 Å². The summed E-state index contributed by atoms with van der Waals surface area (Å²) < 4.78 is 6.71. The summed E-state index contributed by atoms with van der Waals surface area (Å²) in [5.41, 5.74) is 2.27. The van der Waals surface area contributed by atoms with Crippen LogP contribution in [-0.4, -0.2) is 36.1 Å². The Bertz CT molecular complexity index is 575. The van der Waals surface area contributed by atoms with Gasteiger partial charge in [-0.3, -0.25) is 0 Å². The van der Waals surface area contributed by atoms with Crippen LogP contribution in [0.15, 0.2) is 18.3 Å². The summed E-state index contributed by atoms with van der Waals surface area (Å²) in [4.78, 5) is 16.1. The van der Waals surface area contributed by atoms with Gasteiger partial charge in [0.1, 0.15) is 5.82 Å². The van der Waals surface area contributed by atoms with Crippen molar-refractivity contribution in [1.82, 2.24) is 14.7 Å². The van der Waals surface area contributed by atoms with Gasteiger partial charge in [-0.2, -0.15) is 0 Å². The molecule has 0 bridgehead atoms. The van der Waals surface area contributed by atoms with Gasteiger partial charge in [0.2, 0.25) is 0 Å². The number of fused-ring (bicyclic) bond motifs is 1. The Morgan fingerprint density at radius 3 is 3.00 bits per heavy atom. The average molecular weight is 247 g/mol. The number of esters is 1. The molecule has 0 aromatic carbocycles. The SMILES string of the molecule is CNCCc1nc(C(=O)OC)c2cc(C)ccn12. The number of hydrogen-bond donors (Lipinski definition) is 1. The van der Waals surface area contributed by atoms with Crippen molar-refractivity contribution in [3.63, 3.8) is 0 Å². The van der Waals surface area contributed by atoms with E-state index in [-0.39, 0.29) is 0 Å². The van der Waals surface area contributed by atoms with Crippen molar-refractivity contribution in [2.75, 3.05) is 20.7 Å². The van der Waals surface area contributed by atoms with E-state index in [9.17, 15) is 4.79 Å². The van der Waals surface area contributed by atoms with Crippen molar-refractivity contribution >= 4 is 11.5 Å². The van der Waals surface area contributed by atoms with E-state index >= 15 is 0 Å². The third kappa shape index (κ3) is 2.22. The zero-order valence-corrected chi connectivity index (χ0v) is 10.9. The van der Waals surface area contributed by atoms with Crippen LogP contribution in [-0.2, 0) is 11.2 Å². The number of aryl methyl sites for hydroxylation is 1. The molecule has 0 amide bonds. The molecule has 0 aliphatic rings. The highest BCUT2D eigenvalue weighted by molar-refractivity contribution is 5.95. The molecule has 2 aromatic heterocycles. The highest BCUT2D eigenvalue weighted by Gasteiger charge is 2.17. The second-order valence-electron chi connectivity index (χ2n) is 4.18. The van der Waals surface area contributed by atoms with Gasteiger partial charge in [0, 0.05) is 19.2 Å². The third-order valence-electron chi connectivity index (χ3n) is 2.85. The van der Waals surface area contributed by atoms with Crippen molar-refractivity contribution in [1.29, 1.82) is 0 Å². The van der Waals surface area contributed by atoms with E-state index < -0.39 is 5.97 Å². The number of imidazole rings is 1. The lowest BCUT2D eigenvalue weighted by Gasteiger charge is -2.01. The number of likely N-dealkylation sites (N-methyl/N-ethyl adjacent to an activating group) is 1. The number of nitrogens with one attached hydrogen (secondary N) is 1. The minimum atomic E-state index is -0.395. The fraction of sp³-hybridized carbons (Fsp3) is 0.385. The molecule has 2 rings (SSSR count). The molecule has 5 heteroatoms. The van der Waals surface area contributed by atoms with E-state index in [1.165, 1.54) is 7.11 Å². The lowest BCUT2D eigenvalue weighted by Crippen LogP contribution is -2.12. The maximum absolute atomic E-state index is 11.7. The van der Waals surface area contributed by atoms with Crippen LogP contribution in [0, 0.1) is 6.92 Å². The van der Waals surface area contributed by atoms with Gasteiger partial charge in [0.05, 0.1) is 12.6 Å². The Morgan fingerprint density at radius 1 is 1.56 bits per heavy atom. The van der Waals surface area contributed by atoms with E-state index in [4.69, 9.17) is 4.74 Å². The highest BCUT2D eigenvalue weighted by atomic mass is 16.5. The quantitative estimate of drug-likeness (QED) is 0.825. The molecule has 2 aromatic rings. The Hall–Kier alpha value is -1.88. The van der Waals surface area contributed by atoms with Crippen LogP contribution in [0.25, 0.3) is 5.52 Å². The van der Waals surface area contributed by atoms with Gasteiger partial charge in [-0.25, -0.2) is 9.78 Å². The fourth-order valence-corrected chi connectivity index (χ4v) is 1.91. The maximum Gasteiger partial charge on any atom is 0.358 e. The van der Waals surface area contributed by atoms with Crippen molar-refractivity contribution in [2.45, 2.75) is 13.3 Å². The summed E-state index contributed by atoms with van der Waals surface area (Å²) in [6.45, 7) is 2.80. The molecular weight excluding hydrogens is 230 g/mol. The van der Waals surface area contributed by atoms with Crippen LogP contribution in [0.1, 0.15) is 21.9 Å². The lowest BCUT2D eigenvalue weighted by molar-refractivity contribution is 0.0597. The molecule has 0 saturated carbocycles. The number of pyridine rings is 1. The number of carbonyl (C=O) groups excluding carboxylic acids is 1. The molecule has 2 heterocycles. The van der Waals surface area contributed by atoms with E-state index in [1.54, 1.807) is 0 Å². The summed E-state index contributed by atoms with van der Waals surface area (Å²) in [7, 11) is 3.26. The zero-order valence-electron chi connectivity index (χ0n) is 10.9. The first-order valence-corrected chi connectivity index (χ1v) is 5.88. The second kappa shape index (κ2) is 5.18. The Labute approximate surface area is 106 Å². The molecule has 0 spiro atoms. The Kier molecular flexibility index (Phi) is 3.62. The second-order valence-corrected chi connectivity index (χ2v) is 4.18. The van der Waals surface area contributed by atoms with Gasteiger partial charge >= 0.3 is 5.97 Å². The maximum atomic E-state index is 11.7. The van der Waals surface area contributed by atoms with E-state index in [2.05, 4.69) is 10.3 Å². The topological polar surface area (TPSA) is 55.6 Å². The standard InChI is InChI=1S/C13H17N3O2/c1-9-5-7-16-10(8-9)12(13(17)18-3)15-11(16)4-6-14-2/h5,7-8,14H,4,6H2,1-3H3. The van der Waals surface area contributed by atoms with Crippen LogP contribution in [0.4, 0.5) is 0 Å². The van der Waals surface area contributed by atoms with Gasteiger partial charge in [-0.15, -0.1) is 0 Å². The number of ether oxygens (including phenoxy) is 1. The molecule has 0 aliphatic carbocycles. The molecule has 5 nitrogen and oxygen atoms in total. The van der Waals surface area contributed by atoms with Crippen molar-refractivity contribution in [2.24, 2.45) is 0 Å². The largest absolute Gasteiger partial charge is 0.464 e. The summed E-state index contributed by atoms with van der Waals surface area (Å²) in [5.74, 6) is 0.466. The minimum absolute atomic E-state index is 0.382. The number of rotatable bonds is 4. The van der Waals surface area contributed by atoms with Gasteiger partial charge < -0.3 is 14.5 Å². The molecule has 96 valence electrons. The van der Waals surface area contributed by atoms with Gasteiger partial charge in [0.15, 0.2) is 5.69 Å². The number of nitrogens with zero attached hydrogens (tertiary/aromatic N) is 2. The summed E-state index contributed by atoms with van der Waals surface area (Å²) in [6.07, 6.45) is 2.70. The molecule has 0 atom stereocenters. The highest BCUT2D eigenvalue weighted by Crippen LogP contribution is 2.16. The van der Waals surface area contributed by atoms with Gasteiger partial charge in [0.25, 0.3) is 0 Å². The molecule has 0 saturated heterocycles. The van der Waals surface area contributed by atoms with Crippen molar-refractivity contribution in [3.8, 4) is 0 Å². The van der Waals surface area contributed by atoms with Gasteiger partial charge in [-0.05, 0) is 31.7 Å². The molecular formula is C13H17N3O2. The molecule has 1 N–H and O–H groups in total. The molecule has 0 unspecified atom stereocenters. The molecule has 0 fully saturated rings. The van der Waals surface area contributed by atoms with Crippen molar-refractivity contribution in [3.05, 3.63) is 35.4 Å². The fourth-order valence-electron chi connectivity index (χ4n) is 1.91. The first-order chi connectivity index (χ1) is 8.67. The number of methoxy groups -OCH3 is 1. The first kappa shape index (κ1) is 12.6. The predicted octanol–water partition coefficient (Wildman–Crippen LogP) is 1.19. The number of hydrogen-bond acceptors (Lipinski definition) is 4. The van der Waals surface area contributed by atoms with Gasteiger partial charge in [-0.1, -0.05) is 0 Å². The van der Waals surface area contributed by atoms with Crippen molar-refractivity contribution < 1.29 is 9.53 Å². The average Bonchev–Trinajstić information content (AvgIpc) is 2.73. The van der Waals surface area contributed by atoms with E-state index in [0.717, 1.165) is 29.9 Å². The van der Waals surface area contributed by atoms with E-state index in [1.807, 2.05) is 36.7 Å². The molecule has 18 heavy (non-hydrogen) atoms. The monoisotopic (exact) mass is 247 g/mol. The van der Waals surface area contributed by atoms with Crippen LogP contribution in [0.3, 0.4) is 0 Å². The Morgan fingerprint density at radius 2 is 2.33 bits per heavy atom. The minimum Gasteiger partial charge on any atom is -0.464 e. The number of carbonyl (C=O) groups is 1. The molecule has 0 aliphatic heterocycles. The normalized spacial score (nSPS) is 10.8. The summed E-state index contributed by atoms with van der Waals surface area (Å²) >= 11 is 0. The van der Waals surface area contributed by atoms with Crippen LogP contribution < -0.4 is 5.32 Å². The molecule has 0 radical (unpaired) electrons. The lowest BCUT2D eigenvalue weighted by atomic mass is 10.2. The smallest absolute Gasteiger partial charge is 0.358 e. The van der Waals surface area contributed by atoms with E-state index in [0.29, 0.717) is 5.69 Å². The first-order valence-electron chi connectivity index (χ1n) is 5.88. The number of aromatic nitrogens is 2. The summed E-state index contributed by atoms with van der Waals surface area (Å²) in [6, 6.07) is 3.95.